The Labute approximate surface area is 120 Å². The molecule has 0 bridgehead atoms. The summed E-state index contributed by atoms with van der Waals surface area (Å²) in [7, 11) is 1.80. The van der Waals surface area contributed by atoms with Gasteiger partial charge in [0.1, 0.15) is 0 Å². The average molecular weight is 274 g/mol. The summed E-state index contributed by atoms with van der Waals surface area (Å²) in [5.41, 5.74) is 1.71. The maximum atomic E-state index is 11.9. The Bertz CT molecular complexity index is 490. The summed E-state index contributed by atoms with van der Waals surface area (Å²) in [5, 5.41) is 2.96. The smallest absolute Gasteiger partial charge is 0.251 e. The molecule has 0 unspecified atom stereocenters. The van der Waals surface area contributed by atoms with E-state index in [0.29, 0.717) is 18.2 Å². The van der Waals surface area contributed by atoms with Crippen molar-refractivity contribution in [1.82, 2.24) is 10.2 Å². The lowest BCUT2D eigenvalue weighted by atomic mass is 10.1. The Morgan fingerprint density at radius 3 is 2.35 bits per heavy atom. The SMILES string of the molecule is CC(C)C(=O)N(C)Cc1ccc(C(=O)NC2CC2)cc1. The number of hydrogen-bond donors (Lipinski definition) is 1. The molecule has 0 saturated heterocycles. The predicted molar refractivity (Wildman–Crippen MR) is 78.2 cm³/mol. The van der Waals surface area contributed by atoms with E-state index in [4.69, 9.17) is 0 Å². The third-order valence-corrected chi connectivity index (χ3v) is 3.42. The zero-order valence-corrected chi connectivity index (χ0v) is 12.3. The molecule has 0 radical (unpaired) electrons. The van der Waals surface area contributed by atoms with Crippen LogP contribution in [0.1, 0.15) is 42.6 Å². The molecule has 2 amide bonds. The second-order valence-electron chi connectivity index (χ2n) is 5.79. The van der Waals surface area contributed by atoms with Gasteiger partial charge in [-0.25, -0.2) is 0 Å². The van der Waals surface area contributed by atoms with Crippen LogP contribution in [0, 0.1) is 5.92 Å². The monoisotopic (exact) mass is 274 g/mol. The first kappa shape index (κ1) is 14.6. The van der Waals surface area contributed by atoms with Crippen LogP contribution in [-0.4, -0.2) is 29.8 Å². The van der Waals surface area contributed by atoms with Crippen molar-refractivity contribution in [1.29, 1.82) is 0 Å². The van der Waals surface area contributed by atoms with E-state index in [9.17, 15) is 9.59 Å². The normalized spacial score (nSPS) is 14.2. The van der Waals surface area contributed by atoms with Gasteiger partial charge in [0, 0.05) is 31.1 Å². The lowest BCUT2D eigenvalue weighted by Gasteiger charge is -2.19. The van der Waals surface area contributed by atoms with E-state index in [1.165, 1.54) is 0 Å². The van der Waals surface area contributed by atoms with Crippen LogP contribution in [0.3, 0.4) is 0 Å². The first-order valence-electron chi connectivity index (χ1n) is 7.12. The van der Waals surface area contributed by atoms with E-state index in [1.807, 2.05) is 38.1 Å². The van der Waals surface area contributed by atoms with E-state index in [1.54, 1.807) is 11.9 Å². The summed E-state index contributed by atoms with van der Waals surface area (Å²) in [4.78, 5) is 25.4. The summed E-state index contributed by atoms with van der Waals surface area (Å²) in [6.45, 7) is 4.36. The van der Waals surface area contributed by atoms with Gasteiger partial charge in [0.2, 0.25) is 5.91 Å². The molecule has 1 aromatic carbocycles. The number of carbonyl (C=O) groups excluding carboxylic acids is 2. The molecule has 0 spiro atoms. The first-order chi connectivity index (χ1) is 9.47. The molecule has 4 heteroatoms. The van der Waals surface area contributed by atoms with Gasteiger partial charge in [0.05, 0.1) is 0 Å². The fourth-order valence-corrected chi connectivity index (χ4v) is 2.05. The summed E-state index contributed by atoms with van der Waals surface area (Å²) in [6, 6.07) is 7.83. The number of rotatable bonds is 5. The van der Waals surface area contributed by atoms with Crippen molar-refractivity contribution in [2.24, 2.45) is 5.92 Å². The Kier molecular flexibility index (Phi) is 4.42. The van der Waals surface area contributed by atoms with Crippen molar-refractivity contribution in [2.45, 2.75) is 39.3 Å². The minimum absolute atomic E-state index is 0.00333. The molecule has 0 aliphatic heterocycles. The number of benzene rings is 1. The van der Waals surface area contributed by atoms with Gasteiger partial charge >= 0.3 is 0 Å². The number of nitrogens with zero attached hydrogens (tertiary/aromatic N) is 1. The highest BCUT2D eigenvalue weighted by molar-refractivity contribution is 5.94. The standard InChI is InChI=1S/C16H22N2O2/c1-11(2)16(20)18(3)10-12-4-6-13(7-5-12)15(19)17-14-8-9-14/h4-7,11,14H,8-10H2,1-3H3,(H,17,19). The van der Waals surface area contributed by atoms with E-state index >= 15 is 0 Å². The van der Waals surface area contributed by atoms with Crippen LogP contribution in [0.25, 0.3) is 0 Å². The zero-order valence-electron chi connectivity index (χ0n) is 12.3. The number of amides is 2. The van der Waals surface area contributed by atoms with Crippen LogP contribution in [0.4, 0.5) is 0 Å². The number of nitrogens with one attached hydrogen (secondary N) is 1. The topological polar surface area (TPSA) is 49.4 Å². The van der Waals surface area contributed by atoms with Crippen LogP contribution in [-0.2, 0) is 11.3 Å². The van der Waals surface area contributed by atoms with Crippen LogP contribution in [0.15, 0.2) is 24.3 Å². The summed E-state index contributed by atoms with van der Waals surface area (Å²) in [5.74, 6) is 0.120. The van der Waals surface area contributed by atoms with Crippen LogP contribution in [0.2, 0.25) is 0 Å². The van der Waals surface area contributed by atoms with Gasteiger partial charge in [0.25, 0.3) is 5.91 Å². The van der Waals surface area contributed by atoms with Crippen LogP contribution >= 0.6 is 0 Å². The van der Waals surface area contributed by atoms with E-state index < -0.39 is 0 Å². The molecule has 1 fully saturated rings. The second-order valence-corrected chi connectivity index (χ2v) is 5.79. The lowest BCUT2D eigenvalue weighted by Crippen LogP contribution is -2.30. The van der Waals surface area contributed by atoms with Gasteiger partial charge in [-0.15, -0.1) is 0 Å². The molecule has 4 nitrogen and oxygen atoms in total. The van der Waals surface area contributed by atoms with Crippen molar-refractivity contribution in [3.8, 4) is 0 Å². The largest absolute Gasteiger partial charge is 0.349 e. The molecular weight excluding hydrogens is 252 g/mol. The number of hydrogen-bond acceptors (Lipinski definition) is 2. The van der Waals surface area contributed by atoms with Crippen molar-refractivity contribution in [2.75, 3.05) is 7.05 Å². The minimum atomic E-state index is -0.00865. The van der Waals surface area contributed by atoms with Crippen molar-refractivity contribution in [3.05, 3.63) is 35.4 Å². The summed E-state index contributed by atoms with van der Waals surface area (Å²) in [6.07, 6.45) is 2.18. The minimum Gasteiger partial charge on any atom is -0.349 e. The molecular formula is C16H22N2O2. The molecule has 0 aromatic heterocycles. The molecule has 1 N–H and O–H groups in total. The highest BCUT2D eigenvalue weighted by atomic mass is 16.2. The van der Waals surface area contributed by atoms with E-state index in [0.717, 1.165) is 18.4 Å². The summed E-state index contributed by atoms with van der Waals surface area (Å²) < 4.78 is 0. The predicted octanol–water partition coefficient (Wildman–Crippen LogP) is 2.19. The maximum absolute atomic E-state index is 11.9. The Morgan fingerprint density at radius 2 is 1.85 bits per heavy atom. The fourth-order valence-electron chi connectivity index (χ4n) is 2.05. The highest BCUT2D eigenvalue weighted by Crippen LogP contribution is 2.19. The van der Waals surface area contributed by atoms with Gasteiger partial charge in [-0.1, -0.05) is 26.0 Å². The molecule has 0 atom stereocenters. The Balaban J connectivity index is 1.93. The molecule has 20 heavy (non-hydrogen) atoms. The van der Waals surface area contributed by atoms with Crippen molar-refractivity contribution < 1.29 is 9.59 Å². The molecule has 2 rings (SSSR count). The molecule has 1 aliphatic rings. The summed E-state index contributed by atoms with van der Waals surface area (Å²) >= 11 is 0. The van der Waals surface area contributed by atoms with Gasteiger partial charge in [-0.05, 0) is 30.5 Å². The lowest BCUT2D eigenvalue weighted by molar-refractivity contribution is -0.133. The highest BCUT2D eigenvalue weighted by Gasteiger charge is 2.23. The number of carbonyl (C=O) groups is 2. The molecule has 1 aromatic rings. The third-order valence-electron chi connectivity index (χ3n) is 3.42. The van der Waals surface area contributed by atoms with Gasteiger partial charge in [-0.2, -0.15) is 0 Å². The van der Waals surface area contributed by atoms with E-state index in [-0.39, 0.29) is 17.7 Å². The van der Waals surface area contributed by atoms with Gasteiger partial charge in [-0.3, -0.25) is 9.59 Å². The third kappa shape index (κ3) is 3.83. The quantitative estimate of drug-likeness (QED) is 0.895. The Hall–Kier alpha value is -1.84. The maximum Gasteiger partial charge on any atom is 0.251 e. The van der Waals surface area contributed by atoms with E-state index in [2.05, 4.69) is 5.32 Å². The molecule has 108 valence electrons. The average Bonchev–Trinajstić information content (AvgIpc) is 3.22. The molecule has 1 aliphatic carbocycles. The van der Waals surface area contributed by atoms with Crippen LogP contribution in [0.5, 0.6) is 0 Å². The Morgan fingerprint density at radius 1 is 1.25 bits per heavy atom. The fraction of sp³-hybridized carbons (Fsp3) is 0.500. The molecule has 0 heterocycles. The van der Waals surface area contributed by atoms with Crippen molar-refractivity contribution in [3.63, 3.8) is 0 Å². The molecule has 1 saturated carbocycles. The second kappa shape index (κ2) is 6.07. The first-order valence-corrected chi connectivity index (χ1v) is 7.12. The van der Waals surface area contributed by atoms with Crippen LogP contribution < -0.4 is 5.32 Å². The van der Waals surface area contributed by atoms with Gasteiger partial charge in [0.15, 0.2) is 0 Å². The zero-order chi connectivity index (χ0) is 14.7. The van der Waals surface area contributed by atoms with Crippen molar-refractivity contribution >= 4 is 11.8 Å². The van der Waals surface area contributed by atoms with Gasteiger partial charge < -0.3 is 10.2 Å².